The molecule has 1 aliphatic carbocycles. The number of carbonyl (C=O) groups excluding carboxylic acids is 1. The minimum absolute atomic E-state index is 0.0392. The number of nitrogens with two attached hydrogens (primary N) is 1. The Balaban J connectivity index is 2.02. The van der Waals surface area contributed by atoms with Crippen LogP contribution >= 0.6 is 0 Å². The number of nitrogens with zero attached hydrogens (tertiary/aromatic N) is 2. The van der Waals surface area contributed by atoms with E-state index in [1.165, 1.54) is 6.20 Å². The van der Waals surface area contributed by atoms with Gasteiger partial charge in [0.15, 0.2) is 0 Å². The number of nitrogens with one attached hydrogen (secondary N) is 1. The highest BCUT2D eigenvalue weighted by Gasteiger charge is 2.25. The molecule has 2 atom stereocenters. The van der Waals surface area contributed by atoms with Crippen molar-refractivity contribution in [1.29, 1.82) is 5.26 Å². The van der Waals surface area contributed by atoms with Gasteiger partial charge in [0.1, 0.15) is 11.8 Å². The molecule has 17 heavy (non-hydrogen) atoms. The van der Waals surface area contributed by atoms with Gasteiger partial charge in [-0.05, 0) is 31.4 Å². The van der Waals surface area contributed by atoms with Crippen molar-refractivity contribution in [3.05, 3.63) is 29.6 Å². The van der Waals surface area contributed by atoms with Crippen LogP contribution in [0.4, 0.5) is 0 Å². The van der Waals surface area contributed by atoms with E-state index in [0.717, 1.165) is 19.3 Å². The molecule has 1 aliphatic rings. The third-order valence-electron chi connectivity index (χ3n) is 3.01. The highest BCUT2D eigenvalue weighted by molar-refractivity contribution is 5.92. The van der Waals surface area contributed by atoms with Gasteiger partial charge >= 0.3 is 0 Å². The van der Waals surface area contributed by atoms with Gasteiger partial charge in [-0.15, -0.1) is 0 Å². The van der Waals surface area contributed by atoms with Crippen LogP contribution in [0, 0.1) is 11.3 Å². The van der Waals surface area contributed by atoms with Gasteiger partial charge in [-0.1, -0.05) is 0 Å². The fraction of sp³-hybridized carbons (Fsp3) is 0.417. The molecule has 0 aromatic carbocycles. The van der Waals surface area contributed by atoms with Crippen molar-refractivity contribution in [3.63, 3.8) is 0 Å². The second-order valence-electron chi connectivity index (χ2n) is 4.22. The van der Waals surface area contributed by atoms with Gasteiger partial charge in [0.05, 0.1) is 5.56 Å². The van der Waals surface area contributed by atoms with Crippen molar-refractivity contribution in [2.45, 2.75) is 31.3 Å². The number of amides is 1. The molecule has 0 saturated heterocycles. The number of carbonyl (C=O) groups is 1. The molecular weight excluding hydrogens is 216 g/mol. The summed E-state index contributed by atoms with van der Waals surface area (Å²) >= 11 is 0. The maximum atomic E-state index is 11.8. The van der Waals surface area contributed by atoms with Crippen LogP contribution in [0.2, 0.25) is 0 Å². The summed E-state index contributed by atoms with van der Waals surface area (Å²) in [7, 11) is 0. The number of rotatable bonds is 2. The fourth-order valence-electron chi connectivity index (χ4n) is 2.00. The number of aromatic nitrogens is 1. The number of hydrogen-bond acceptors (Lipinski definition) is 4. The quantitative estimate of drug-likeness (QED) is 0.776. The summed E-state index contributed by atoms with van der Waals surface area (Å²) in [4.78, 5) is 15.8. The van der Waals surface area contributed by atoms with Gasteiger partial charge < -0.3 is 11.1 Å². The molecule has 5 nitrogen and oxygen atoms in total. The molecule has 1 saturated carbocycles. The monoisotopic (exact) mass is 230 g/mol. The summed E-state index contributed by atoms with van der Waals surface area (Å²) < 4.78 is 0. The normalized spacial score (nSPS) is 23.1. The maximum absolute atomic E-state index is 11.8. The lowest BCUT2D eigenvalue weighted by molar-refractivity contribution is 0.0929. The molecular formula is C12H14N4O. The van der Waals surface area contributed by atoms with Crippen molar-refractivity contribution in [1.82, 2.24) is 10.3 Å². The van der Waals surface area contributed by atoms with E-state index in [2.05, 4.69) is 10.3 Å². The van der Waals surface area contributed by atoms with Gasteiger partial charge in [-0.3, -0.25) is 4.79 Å². The number of hydrogen-bond donors (Lipinski definition) is 2. The average Bonchev–Trinajstić information content (AvgIpc) is 2.75. The molecule has 1 fully saturated rings. The zero-order valence-electron chi connectivity index (χ0n) is 9.39. The van der Waals surface area contributed by atoms with Gasteiger partial charge in [0, 0.05) is 18.3 Å². The van der Waals surface area contributed by atoms with E-state index in [4.69, 9.17) is 11.0 Å². The number of nitriles is 1. The molecule has 1 heterocycles. The third kappa shape index (κ3) is 2.60. The standard InChI is InChI=1S/C12H14N4O/c13-6-8-4-5-11(15-7-8)12(17)16-10-3-1-2-9(10)14/h4-5,7,9-10H,1-3,14H2,(H,16,17). The van der Waals surface area contributed by atoms with Crippen LogP contribution < -0.4 is 11.1 Å². The second kappa shape index (κ2) is 4.93. The summed E-state index contributed by atoms with van der Waals surface area (Å²) in [5.74, 6) is -0.225. The summed E-state index contributed by atoms with van der Waals surface area (Å²) in [5.41, 5.74) is 6.64. The summed E-state index contributed by atoms with van der Waals surface area (Å²) in [6.07, 6.45) is 4.31. The summed E-state index contributed by atoms with van der Waals surface area (Å²) in [6.45, 7) is 0. The Morgan fingerprint density at radius 1 is 1.53 bits per heavy atom. The molecule has 0 radical (unpaired) electrons. The third-order valence-corrected chi connectivity index (χ3v) is 3.01. The van der Waals surface area contributed by atoms with Crippen LogP contribution in [0.3, 0.4) is 0 Å². The minimum atomic E-state index is -0.225. The van der Waals surface area contributed by atoms with Gasteiger partial charge in [0.25, 0.3) is 5.91 Å². The van der Waals surface area contributed by atoms with E-state index in [-0.39, 0.29) is 18.0 Å². The zero-order valence-corrected chi connectivity index (χ0v) is 9.39. The maximum Gasteiger partial charge on any atom is 0.270 e. The molecule has 2 rings (SSSR count). The van der Waals surface area contributed by atoms with E-state index in [1.54, 1.807) is 12.1 Å². The van der Waals surface area contributed by atoms with Crippen molar-refractivity contribution in [3.8, 4) is 6.07 Å². The highest BCUT2D eigenvalue weighted by Crippen LogP contribution is 2.17. The lowest BCUT2D eigenvalue weighted by atomic mass is 10.2. The largest absolute Gasteiger partial charge is 0.346 e. The topological polar surface area (TPSA) is 91.8 Å². The van der Waals surface area contributed by atoms with Crippen LogP contribution in [-0.4, -0.2) is 23.0 Å². The Hall–Kier alpha value is -1.93. The van der Waals surface area contributed by atoms with E-state index < -0.39 is 0 Å². The predicted octanol–water partition coefficient (Wildman–Crippen LogP) is 0.563. The van der Waals surface area contributed by atoms with Crippen molar-refractivity contribution >= 4 is 5.91 Å². The molecule has 0 spiro atoms. The van der Waals surface area contributed by atoms with Crippen molar-refractivity contribution in [2.75, 3.05) is 0 Å². The van der Waals surface area contributed by atoms with Crippen LogP contribution in [0.5, 0.6) is 0 Å². The van der Waals surface area contributed by atoms with Gasteiger partial charge in [0.2, 0.25) is 0 Å². The van der Waals surface area contributed by atoms with Crippen LogP contribution in [0.1, 0.15) is 35.3 Å². The molecule has 3 N–H and O–H groups in total. The first kappa shape index (κ1) is 11.6. The molecule has 88 valence electrons. The van der Waals surface area contributed by atoms with E-state index in [1.807, 2.05) is 6.07 Å². The lowest BCUT2D eigenvalue weighted by Gasteiger charge is -2.16. The Bertz CT molecular complexity index is 449. The minimum Gasteiger partial charge on any atom is -0.346 e. The Kier molecular flexibility index (Phi) is 3.35. The smallest absolute Gasteiger partial charge is 0.270 e. The fourth-order valence-corrected chi connectivity index (χ4v) is 2.00. The van der Waals surface area contributed by atoms with Crippen molar-refractivity contribution < 1.29 is 4.79 Å². The molecule has 1 aromatic rings. The highest BCUT2D eigenvalue weighted by atomic mass is 16.1. The first-order valence-corrected chi connectivity index (χ1v) is 5.63. The van der Waals surface area contributed by atoms with E-state index in [0.29, 0.717) is 11.3 Å². The van der Waals surface area contributed by atoms with Gasteiger partial charge in [-0.25, -0.2) is 4.98 Å². The zero-order chi connectivity index (χ0) is 12.3. The SMILES string of the molecule is N#Cc1ccc(C(=O)NC2CCCC2N)nc1. The molecule has 1 amide bonds. The van der Waals surface area contributed by atoms with Crippen LogP contribution in [-0.2, 0) is 0 Å². The van der Waals surface area contributed by atoms with Crippen molar-refractivity contribution in [2.24, 2.45) is 5.73 Å². The Morgan fingerprint density at radius 2 is 2.35 bits per heavy atom. The average molecular weight is 230 g/mol. The van der Waals surface area contributed by atoms with Crippen LogP contribution in [0.25, 0.3) is 0 Å². The molecule has 2 unspecified atom stereocenters. The van der Waals surface area contributed by atoms with E-state index in [9.17, 15) is 4.79 Å². The van der Waals surface area contributed by atoms with Crippen LogP contribution in [0.15, 0.2) is 18.3 Å². The molecule has 0 bridgehead atoms. The predicted molar refractivity (Wildman–Crippen MR) is 62.0 cm³/mol. The second-order valence-corrected chi connectivity index (χ2v) is 4.22. The van der Waals surface area contributed by atoms with Gasteiger partial charge in [-0.2, -0.15) is 5.26 Å². The number of pyridine rings is 1. The summed E-state index contributed by atoms with van der Waals surface area (Å²) in [6, 6.07) is 5.17. The lowest BCUT2D eigenvalue weighted by Crippen LogP contribution is -2.44. The first-order chi connectivity index (χ1) is 8.20. The molecule has 1 aromatic heterocycles. The summed E-state index contributed by atoms with van der Waals surface area (Å²) in [5, 5.41) is 11.5. The Labute approximate surface area is 99.6 Å². The Morgan fingerprint density at radius 3 is 2.88 bits per heavy atom. The molecule has 0 aliphatic heterocycles. The van der Waals surface area contributed by atoms with E-state index >= 15 is 0 Å². The molecule has 5 heteroatoms. The first-order valence-electron chi connectivity index (χ1n) is 5.63.